The number of rotatable bonds is 8. The maximum Gasteiger partial charge on any atom is 0.0605 e. The Balaban J connectivity index is 1.99. The molecule has 0 bridgehead atoms. The highest BCUT2D eigenvalue weighted by Gasteiger charge is 2.32. The van der Waals surface area contributed by atoms with Gasteiger partial charge in [0, 0.05) is 19.2 Å². The second-order valence-corrected chi connectivity index (χ2v) is 6.49. The third-order valence-corrected chi connectivity index (χ3v) is 3.63. The average Bonchev–Trinajstić information content (AvgIpc) is 2.12. The van der Waals surface area contributed by atoms with Gasteiger partial charge in [0.2, 0.25) is 0 Å². The van der Waals surface area contributed by atoms with Crippen LogP contribution in [-0.2, 0) is 4.74 Å². The highest BCUT2D eigenvalue weighted by Crippen LogP contribution is 2.28. The summed E-state index contributed by atoms with van der Waals surface area (Å²) < 4.78 is 5.89. The summed E-state index contributed by atoms with van der Waals surface area (Å²) >= 11 is 0. The normalized spacial score (nSPS) is 24.7. The van der Waals surface area contributed by atoms with Gasteiger partial charge in [0.05, 0.1) is 6.10 Å². The molecule has 0 aromatic rings. The maximum absolute atomic E-state index is 5.89. The van der Waals surface area contributed by atoms with Gasteiger partial charge in [-0.15, -0.1) is 0 Å². The standard InChI is InChI=1S/C15H31NO/c1-12(2)7-6-8-17-15-9-14(10-15)16(5)11-13(3)4/h12-15H,6-11H2,1-5H3/t14-,15-. The summed E-state index contributed by atoms with van der Waals surface area (Å²) in [6.07, 6.45) is 5.54. The molecule has 0 aromatic carbocycles. The first-order chi connectivity index (χ1) is 7.99. The Hall–Kier alpha value is -0.0800. The lowest BCUT2D eigenvalue weighted by molar-refractivity contribution is -0.0484. The number of nitrogens with zero attached hydrogens (tertiary/aromatic N) is 1. The fourth-order valence-electron chi connectivity index (χ4n) is 2.50. The van der Waals surface area contributed by atoms with E-state index in [1.807, 2.05) is 0 Å². The van der Waals surface area contributed by atoms with Crippen LogP contribution in [0.5, 0.6) is 0 Å². The lowest BCUT2D eigenvalue weighted by atomic mass is 9.87. The molecule has 2 nitrogen and oxygen atoms in total. The van der Waals surface area contributed by atoms with Crippen molar-refractivity contribution >= 4 is 0 Å². The monoisotopic (exact) mass is 241 g/mol. The summed E-state index contributed by atoms with van der Waals surface area (Å²) in [4.78, 5) is 2.50. The van der Waals surface area contributed by atoms with E-state index < -0.39 is 0 Å². The summed E-state index contributed by atoms with van der Waals surface area (Å²) in [5, 5.41) is 0. The minimum absolute atomic E-state index is 0.543. The van der Waals surface area contributed by atoms with Crippen molar-refractivity contribution in [3.8, 4) is 0 Å². The Morgan fingerprint density at radius 1 is 1.12 bits per heavy atom. The van der Waals surface area contributed by atoms with Crippen LogP contribution in [-0.4, -0.2) is 37.2 Å². The van der Waals surface area contributed by atoms with Crippen molar-refractivity contribution in [1.82, 2.24) is 4.90 Å². The van der Waals surface area contributed by atoms with Crippen LogP contribution in [0.2, 0.25) is 0 Å². The molecule has 0 aliphatic heterocycles. The second-order valence-electron chi connectivity index (χ2n) is 6.49. The molecule has 102 valence electrons. The summed E-state index contributed by atoms with van der Waals surface area (Å²) in [5.74, 6) is 1.58. The largest absolute Gasteiger partial charge is 0.378 e. The molecule has 0 heterocycles. The van der Waals surface area contributed by atoms with E-state index in [-0.39, 0.29) is 0 Å². The molecule has 1 fully saturated rings. The zero-order valence-corrected chi connectivity index (χ0v) is 12.4. The van der Waals surface area contributed by atoms with E-state index in [0.29, 0.717) is 6.10 Å². The van der Waals surface area contributed by atoms with Crippen LogP contribution >= 0.6 is 0 Å². The van der Waals surface area contributed by atoms with Gasteiger partial charge in [0.25, 0.3) is 0 Å². The molecule has 0 N–H and O–H groups in total. The molecule has 0 amide bonds. The molecule has 1 saturated carbocycles. The Labute approximate surface area is 108 Å². The van der Waals surface area contributed by atoms with Crippen molar-refractivity contribution in [2.24, 2.45) is 11.8 Å². The van der Waals surface area contributed by atoms with E-state index in [4.69, 9.17) is 4.74 Å². The van der Waals surface area contributed by atoms with Crippen LogP contribution in [0.3, 0.4) is 0 Å². The topological polar surface area (TPSA) is 12.5 Å². The number of hydrogen-bond acceptors (Lipinski definition) is 2. The van der Waals surface area contributed by atoms with Crippen molar-refractivity contribution in [1.29, 1.82) is 0 Å². The van der Waals surface area contributed by atoms with Crippen LogP contribution in [0.4, 0.5) is 0 Å². The predicted octanol–water partition coefficient (Wildman–Crippen LogP) is 3.56. The van der Waals surface area contributed by atoms with Gasteiger partial charge in [-0.2, -0.15) is 0 Å². The van der Waals surface area contributed by atoms with Crippen LogP contribution in [0, 0.1) is 11.8 Å². The molecule has 0 unspecified atom stereocenters. The van der Waals surface area contributed by atoms with Gasteiger partial charge in [-0.05, 0) is 44.6 Å². The molecule has 1 rings (SSSR count). The summed E-state index contributed by atoms with van der Waals surface area (Å²) in [7, 11) is 2.25. The van der Waals surface area contributed by atoms with E-state index >= 15 is 0 Å². The maximum atomic E-state index is 5.89. The van der Waals surface area contributed by atoms with Gasteiger partial charge in [-0.1, -0.05) is 27.7 Å². The number of ether oxygens (including phenoxy) is 1. The molecular weight excluding hydrogens is 210 g/mol. The molecule has 0 aromatic heterocycles. The third kappa shape index (κ3) is 5.87. The van der Waals surface area contributed by atoms with Crippen LogP contribution in [0.15, 0.2) is 0 Å². The molecule has 1 aliphatic carbocycles. The van der Waals surface area contributed by atoms with Gasteiger partial charge in [-0.3, -0.25) is 0 Å². The molecular formula is C15H31NO. The summed E-state index contributed by atoms with van der Waals surface area (Å²) in [5.41, 5.74) is 0. The minimum Gasteiger partial charge on any atom is -0.378 e. The van der Waals surface area contributed by atoms with Crippen LogP contribution in [0.1, 0.15) is 53.4 Å². The first-order valence-electron chi connectivity index (χ1n) is 7.30. The Bertz CT molecular complexity index is 197. The zero-order chi connectivity index (χ0) is 12.8. The summed E-state index contributed by atoms with van der Waals surface area (Å²) in [6, 6.07) is 0.771. The van der Waals surface area contributed by atoms with Crippen molar-refractivity contribution in [3.05, 3.63) is 0 Å². The molecule has 2 heteroatoms. The van der Waals surface area contributed by atoms with E-state index in [9.17, 15) is 0 Å². The first kappa shape index (κ1) is 15.0. The minimum atomic E-state index is 0.543. The first-order valence-corrected chi connectivity index (χ1v) is 7.30. The van der Waals surface area contributed by atoms with E-state index in [2.05, 4.69) is 39.6 Å². The van der Waals surface area contributed by atoms with Gasteiger partial charge in [0.15, 0.2) is 0 Å². The quantitative estimate of drug-likeness (QED) is 0.603. The molecule has 0 spiro atoms. The highest BCUT2D eigenvalue weighted by atomic mass is 16.5. The van der Waals surface area contributed by atoms with Crippen molar-refractivity contribution in [3.63, 3.8) is 0 Å². The van der Waals surface area contributed by atoms with Crippen molar-refractivity contribution in [2.75, 3.05) is 20.2 Å². The average molecular weight is 241 g/mol. The van der Waals surface area contributed by atoms with Gasteiger partial charge < -0.3 is 9.64 Å². The second kappa shape index (κ2) is 7.38. The van der Waals surface area contributed by atoms with Gasteiger partial charge in [-0.25, -0.2) is 0 Å². The smallest absolute Gasteiger partial charge is 0.0605 e. The van der Waals surface area contributed by atoms with E-state index in [1.54, 1.807) is 0 Å². The van der Waals surface area contributed by atoms with Crippen LogP contribution < -0.4 is 0 Å². The Morgan fingerprint density at radius 3 is 2.29 bits per heavy atom. The fraction of sp³-hybridized carbons (Fsp3) is 1.00. The zero-order valence-electron chi connectivity index (χ0n) is 12.4. The summed E-state index contributed by atoms with van der Waals surface area (Å²) in [6.45, 7) is 11.3. The third-order valence-electron chi connectivity index (χ3n) is 3.63. The lowest BCUT2D eigenvalue weighted by Crippen LogP contribution is -2.47. The molecule has 0 radical (unpaired) electrons. The fourth-order valence-corrected chi connectivity index (χ4v) is 2.50. The van der Waals surface area contributed by atoms with Crippen molar-refractivity contribution in [2.45, 2.75) is 65.5 Å². The highest BCUT2D eigenvalue weighted by molar-refractivity contribution is 4.87. The van der Waals surface area contributed by atoms with E-state index in [0.717, 1.165) is 24.5 Å². The van der Waals surface area contributed by atoms with E-state index in [1.165, 1.54) is 32.2 Å². The molecule has 17 heavy (non-hydrogen) atoms. The predicted molar refractivity (Wildman–Crippen MR) is 74.3 cm³/mol. The Kier molecular flexibility index (Phi) is 6.50. The molecule has 1 aliphatic rings. The molecule has 0 saturated heterocycles. The van der Waals surface area contributed by atoms with Crippen molar-refractivity contribution < 1.29 is 4.74 Å². The number of hydrogen-bond donors (Lipinski definition) is 0. The lowest BCUT2D eigenvalue weighted by Gasteiger charge is -2.41. The van der Waals surface area contributed by atoms with Gasteiger partial charge in [0.1, 0.15) is 0 Å². The van der Waals surface area contributed by atoms with Crippen LogP contribution in [0.25, 0.3) is 0 Å². The SMILES string of the molecule is CC(C)CCCO[C@H]1C[C@H](N(C)CC(C)C)C1. The van der Waals surface area contributed by atoms with Gasteiger partial charge >= 0.3 is 0 Å². The Morgan fingerprint density at radius 2 is 1.76 bits per heavy atom. The molecule has 0 atom stereocenters.